The maximum Gasteiger partial charge on any atom is 0.502 e. The summed E-state index contributed by atoms with van der Waals surface area (Å²) in [6.45, 7) is 0. The van der Waals surface area contributed by atoms with Crippen molar-refractivity contribution in [3.8, 4) is 6.07 Å². The van der Waals surface area contributed by atoms with Gasteiger partial charge in [0.05, 0.1) is 18.8 Å². The van der Waals surface area contributed by atoms with Crippen LogP contribution >= 0.6 is 11.6 Å². The van der Waals surface area contributed by atoms with Crippen molar-refractivity contribution < 1.29 is 9.36 Å². The zero-order valence-corrected chi connectivity index (χ0v) is 11.0. The van der Waals surface area contributed by atoms with E-state index >= 15 is 0 Å². The Hall–Kier alpha value is -2.38. The standard InChI is InChI=1S/C14H11ClN3O/c1-17(13-6-4-12(15)5-7-13)14(19)18-8-2-3-11(9-16)10-18/h2-8,10H,1H3/q+1. The van der Waals surface area contributed by atoms with E-state index in [1.807, 2.05) is 6.07 Å². The Labute approximate surface area is 116 Å². The molecule has 1 heterocycles. The maximum atomic E-state index is 12.2. The van der Waals surface area contributed by atoms with Crippen LogP contribution in [0.3, 0.4) is 0 Å². The molecule has 1 amide bonds. The first-order chi connectivity index (χ1) is 9.11. The Morgan fingerprint density at radius 3 is 2.63 bits per heavy atom. The van der Waals surface area contributed by atoms with Gasteiger partial charge < -0.3 is 0 Å². The fraction of sp³-hybridized carbons (Fsp3) is 0.0714. The van der Waals surface area contributed by atoms with E-state index in [0.29, 0.717) is 10.6 Å². The Bertz CT molecular complexity index is 646. The number of nitriles is 1. The quantitative estimate of drug-likeness (QED) is 0.749. The molecule has 1 aromatic heterocycles. The molecule has 0 aliphatic heterocycles. The van der Waals surface area contributed by atoms with Crippen LogP contribution in [0.1, 0.15) is 5.56 Å². The van der Waals surface area contributed by atoms with E-state index in [-0.39, 0.29) is 6.03 Å². The van der Waals surface area contributed by atoms with Crippen molar-refractivity contribution in [3.63, 3.8) is 0 Å². The van der Waals surface area contributed by atoms with Crippen molar-refractivity contribution >= 4 is 23.3 Å². The average Bonchev–Trinajstić information content (AvgIpc) is 2.46. The van der Waals surface area contributed by atoms with Crippen LogP contribution < -0.4 is 9.47 Å². The fourth-order valence-electron chi connectivity index (χ4n) is 1.61. The summed E-state index contributed by atoms with van der Waals surface area (Å²) in [6, 6.07) is 12.0. The molecule has 4 nitrogen and oxygen atoms in total. The van der Waals surface area contributed by atoms with Gasteiger partial charge in [-0.05, 0) is 36.4 Å². The van der Waals surface area contributed by atoms with Crippen molar-refractivity contribution in [2.45, 2.75) is 0 Å². The molecule has 0 N–H and O–H groups in total. The second kappa shape index (κ2) is 5.51. The molecule has 0 aliphatic carbocycles. The number of amides is 1. The van der Waals surface area contributed by atoms with Crippen LogP contribution in [-0.4, -0.2) is 13.1 Å². The SMILES string of the molecule is CN(C(=O)[n+]1cccc(C#N)c1)c1ccc(Cl)cc1. The number of anilines is 1. The molecule has 0 radical (unpaired) electrons. The number of carbonyl (C=O) groups excluding carboxylic acids is 1. The Balaban J connectivity index is 2.28. The van der Waals surface area contributed by atoms with Crippen LogP contribution in [0.2, 0.25) is 5.02 Å². The highest BCUT2D eigenvalue weighted by Gasteiger charge is 2.22. The van der Waals surface area contributed by atoms with E-state index in [4.69, 9.17) is 16.9 Å². The Kier molecular flexibility index (Phi) is 3.79. The van der Waals surface area contributed by atoms with Crippen LogP contribution in [0.5, 0.6) is 0 Å². The molecule has 0 aliphatic rings. The predicted molar refractivity (Wildman–Crippen MR) is 72.0 cm³/mol. The highest BCUT2D eigenvalue weighted by molar-refractivity contribution is 6.30. The lowest BCUT2D eigenvalue weighted by Gasteiger charge is -2.09. The number of nitrogens with zero attached hydrogens (tertiary/aromatic N) is 3. The number of rotatable bonds is 1. The Morgan fingerprint density at radius 2 is 2.00 bits per heavy atom. The van der Waals surface area contributed by atoms with E-state index in [1.165, 1.54) is 15.7 Å². The second-order valence-electron chi connectivity index (χ2n) is 3.93. The fourth-order valence-corrected chi connectivity index (χ4v) is 1.73. The minimum absolute atomic E-state index is 0.251. The molecule has 2 rings (SSSR count). The molecule has 5 heteroatoms. The summed E-state index contributed by atoms with van der Waals surface area (Å²) in [5.41, 5.74) is 1.16. The number of carbonyl (C=O) groups is 1. The van der Waals surface area contributed by atoms with Gasteiger partial charge in [-0.2, -0.15) is 19.5 Å². The molecule has 0 spiro atoms. The average molecular weight is 273 g/mol. The van der Waals surface area contributed by atoms with Crippen molar-refractivity contribution in [1.29, 1.82) is 5.26 Å². The smallest absolute Gasteiger partial charge is 0.196 e. The lowest BCUT2D eigenvalue weighted by atomic mass is 10.3. The van der Waals surface area contributed by atoms with Gasteiger partial charge in [-0.3, -0.25) is 0 Å². The number of hydrogen-bond donors (Lipinski definition) is 0. The van der Waals surface area contributed by atoms with Crippen LogP contribution in [0, 0.1) is 11.3 Å². The number of halogens is 1. The van der Waals surface area contributed by atoms with Gasteiger partial charge in [-0.15, -0.1) is 0 Å². The van der Waals surface area contributed by atoms with Crippen LogP contribution in [0.4, 0.5) is 10.5 Å². The lowest BCUT2D eigenvalue weighted by molar-refractivity contribution is -0.569. The summed E-state index contributed by atoms with van der Waals surface area (Å²) in [5, 5.41) is 9.44. The van der Waals surface area contributed by atoms with E-state index in [2.05, 4.69) is 0 Å². The summed E-state index contributed by atoms with van der Waals surface area (Å²) in [7, 11) is 1.66. The zero-order valence-electron chi connectivity index (χ0n) is 10.2. The third-order valence-corrected chi connectivity index (χ3v) is 2.90. The largest absolute Gasteiger partial charge is 0.502 e. The van der Waals surface area contributed by atoms with Gasteiger partial charge in [-0.1, -0.05) is 11.6 Å². The molecule has 0 unspecified atom stereocenters. The minimum Gasteiger partial charge on any atom is -0.196 e. The van der Waals surface area contributed by atoms with Gasteiger partial charge in [0, 0.05) is 5.02 Å². The third-order valence-electron chi connectivity index (χ3n) is 2.65. The molecule has 0 bridgehead atoms. The summed E-state index contributed by atoms with van der Waals surface area (Å²) in [5.74, 6) is 0. The normalized spacial score (nSPS) is 9.74. The maximum absolute atomic E-state index is 12.2. The molecule has 0 atom stereocenters. The summed E-state index contributed by atoms with van der Waals surface area (Å²) in [4.78, 5) is 13.7. The van der Waals surface area contributed by atoms with Crippen LogP contribution in [0.25, 0.3) is 0 Å². The lowest BCUT2D eigenvalue weighted by Crippen LogP contribution is -2.50. The van der Waals surface area contributed by atoms with Gasteiger partial charge in [-0.25, -0.2) is 0 Å². The van der Waals surface area contributed by atoms with Gasteiger partial charge >= 0.3 is 6.03 Å². The molecular weight excluding hydrogens is 262 g/mol. The van der Waals surface area contributed by atoms with E-state index in [0.717, 1.165) is 5.69 Å². The molecular formula is C14H11ClN3O+. The van der Waals surface area contributed by atoms with Gasteiger partial charge in [0.25, 0.3) is 0 Å². The van der Waals surface area contributed by atoms with Crippen molar-refractivity contribution in [2.24, 2.45) is 0 Å². The van der Waals surface area contributed by atoms with E-state index in [1.54, 1.807) is 49.6 Å². The van der Waals surface area contributed by atoms with Gasteiger partial charge in [0.15, 0.2) is 0 Å². The summed E-state index contributed by atoms with van der Waals surface area (Å²) >= 11 is 5.81. The predicted octanol–water partition coefficient (Wildman–Crippen LogP) is 2.60. The monoisotopic (exact) mass is 272 g/mol. The number of hydrogen-bond acceptors (Lipinski definition) is 2. The number of aromatic nitrogens is 1. The third kappa shape index (κ3) is 2.90. The highest BCUT2D eigenvalue weighted by atomic mass is 35.5. The Morgan fingerprint density at radius 1 is 1.32 bits per heavy atom. The van der Waals surface area contributed by atoms with Crippen LogP contribution in [-0.2, 0) is 0 Å². The van der Waals surface area contributed by atoms with Crippen molar-refractivity contribution in [1.82, 2.24) is 0 Å². The minimum atomic E-state index is -0.251. The summed E-state index contributed by atoms with van der Waals surface area (Å²) in [6.07, 6.45) is 3.10. The van der Waals surface area contributed by atoms with E-state index in [9.17, 15) is 4.79 Å². The molecule has 0 saturated carbocycles. The topological polar surface area (TPSA) is 48.0 Å². The first-order valence-electron chi connectivity index (χ1n) is 5.57. The summed E-state index contributed by atoms with van der Waals surface area (Å²) < 4.78 is 1.37. The second-order valence-corrected chi connectivity index (χ2v) is 4.37. The highest BCUT2D eigenvalue weighted by Crippen LogP contribution is 2.16. The molecule has 1 aromatic carbocycles. The molecule has 0 fully saturated rings. The first kappa shape index (κ1) is 13.1. The molecule has 2 aromatic rings. The molecule has 19 heavy (non-hydrogen) atoms. The van der Waals surface area contributed by atoms with Crippen molar-refractivity contribution in [3.05, 3.63) is 59.4 Å². The number of benzene rings is 1. The van der Waals surface area contributed by atoms with Gasteiger partial charge in [0.1, 0.15) is 18.0 Å². The van der Waals surface area contributed by atoms with E-state index < -0.39 is 0 Å². The zero-order chi connectivity index (χ0) is 13.8. The van der Waals surface area contributed by atoms with Gasteiger partial charge in [0.2, 0.25) is 0 Å². The van der Waals surface area contributed by atoms with Crippen molar-refractivity contribution in [2.75, 3.05) is 11.9 Å². The van der Waals surface area contributed by atoms with Crippen LogP contribution in [0.15, 0.2) is 48.8 Å². The number of pyridine rings is 1. The first-order valence-corrected chi connectivity index (χ1v) is 5.94. The molecule has 0 saturated heterocycles. The molecule has 94 valence electrons.